The molecule has 3 rings (SSSR count). The molecule has 20 heavy (non-hydrogen) atoms. The van der Waals surface area contributed by atoms with E-state index in [2.05, 4.69) is 33.6 Å². The number of fused-ring (bicyclic) bond motifs is 1. The Labute approximate surface area is 122 Å². The Kier molecular flexibility index (Phi) is 3.49. The summed E-state index contributed by atoms with van der Waals surface area (Å²) in [5.74, 6) is 2.79. The van der Waals surface area contributed by atoms with Crippen LogP contribution in [0.5, 0.6) is 0 Å². The van der Waals surface area contributed by atoms with Crippen molar-refractivity contribution in [1.29, 1.82) is 0 Å². The van der Waals surface area contributed by atoms with E-state index in [-0.39, 0.29) is 0 Å². The summed E-state index contributed by atoms with van der Waals surface area (Å²) in [4.78, 5) is 8.87. The number of hydrogen-bond acceptors (Lipinski definition) is 3. The average molecular weight is 290 g/mol. The molecule has 104 valence electrons. The van der Waals surface area contributed by atoms with E-state index in [0.717, 1.165) is 29.0 Å². The molecule has 0 N–H and O–H groups in total. The van der Waals surface area contributed by atoms with Gasteiger partial charge in [-0.15, -0.1) is 11.6 Å². The van der Waals surface area contributed by atoms with Gasteiger partial charge in [0.05, 0.1) is 23.1 Å². The maximum absolute atomic E-state index is 6.01. The number of oxazole rings is 1. The first-order valence-electron chi connectivity index (χ1n) is 6.66. The van der Waals surface area contributed by atoms with Crippen LogP contribution in [-0.2, 0) is 18.8 Å². The van der Waals surface area contributed by atoms with Crippen LogP contribution in [0.2, 0.25) is 0 Å². The zero-order valence-corrected chi connectivity index (χ0v) is 12.3. The minimum atomic E-state index is 0.370. The zero-order chi connectivity index (χ0) is 14.1. The number of aromatic nitrogens is 3. The highest BCUT2D eigenvalue weighted by atomic mass is 35.5. The molecule has 0 amide bonds. The summed E-state index contributed by atoms with van der Waals surface area (Å²) in [6, 6.07) is 6.18. The highest BCUT2D eigenvalue weighted by Crippen LogP contribution is 2.20. The Morgan fingerprint density at radius 2 is 2.20 bits per heavy atom. The fourth-order valence-corrected chi connectivity index (χ4v) is 2.48. The van der Waals surface area contributed by atoms with Crippen LogP contribution in [0.4, 0.5) is 0 Å². The Balaban J connectivity index is 2.06. The number of imidazole rings is 1. The summed E-state index contributed by atoms with van der Waals surface area (Å²) < 4.78 is 7.75. The molecule has 0 saturated heterocycles. The van der Waals surface area contributed by atoms with E-state index in [0.29, 0.717) is 18.3 Å². The molecule has 0 spiro atoms. The van der Waals surface area contributed by atoms with Gasteiger partial charge in [0.1, 0.15) is 18.1 Å². The van der Waals surface area contributed by atoms with Gasteiger partial charge in [-0.25, -0.2) is 9.97 Å². The number of alkyl halides is 1. The van der Waals surface area contributed by atoms with Gasteiger partial charge in [0, 0.05) is 6.42 Å². The Morgan fingerprint density at radius 3 is 2.90 bits per heavy atom. The average Bonchev–Trinajstić information content (AvgIpc) is 3.04. The number of aryl methyl sites for hydroxylation is 2. The molecule has 0 aliphatic rings. The molecule has 5 heteroatoms. The quantitative estimate of drug-likeness (QED) is 0.688. The van der Waals surface area contributed by atoms with Crippen molar-refractivity contribution in [1.82, 2.24) is 14.5 Å². The van der Waals surface area contributed by atoms with E-state index in [1.807, 2.05) is 13.0 Å². The van der Waals surface area contributed by atoms with Crippen LogP contribution in [0.25, 0.3) is 11.0 Å². The minimum absolute atomic E-state index is 0.370. The minimum Gasteiger partial charge on any atom is -0.444 e. The first kappa shape index (κ1) is 13.2. The van der Waals surface area contributed by atoms with Crippen LogP contribution >= 0.6 is 11.6 Å². The molecule has 0 aliphatic heterocycles. The second kappa shape index (κ2) is 5.29. The third-order valence-electron chi connectivity index (χ3n) is 3.35. The van der Waals surface area contributed by atoms with Crippen molar-refractivity contribution in [2.75, 3.05) is 0 Å². The van der Waals surface area contributed by atoms with Gasteiger partial charge in [-0.05, 0) is 24.6 Å². The third-order valence-corrected chi connectivity index (χ3v) is 3.58. The predicted octanol–water partition coefficient (Wildman–Crippen LogP) is 3.68. The molecule has 3 aromatic rings. The maximum Gasteiger partial charge on any atom is 0.214 e. The number of nitrogens with zero attached hydrogens (tertiary/aromatic N) is 3. The van der Waals surface area contributed by atoms with E-state index < -0.39 is 0 Å². The lowest BCUT2D eigenvalue weighted by Crippen LogP contribution is -2.04. The summed E-state index contributed by atoms with van der Waals surface area (Å²) in [6.07, 6.45) is 2.62. The Morgan fingerprint density at radius 1 is 1.35 bits per heavy atom. The Hall–Kier alpha value is -1.81. The Bertz CT molecular complexity index is 745. The first-order chi connectivity index (χ1) is 9.71. The molecule has 0 radical (unpaired) electrons. The summed E-state index contributed by atoms with van der Waals surface area (Å²) in [7, 11) is 0. The smallest absolute Gasteiger partial charge is 0.214 e. The van der Waals surface area contributed by atoms with E-state index in [1.165, 1.54) is 5.56 Å². The third kappa shape index (κ3) is 2.31. The lowest BCUT2D eigenvalue weighted by Gasteiger charge is -2.05. The van der Waals surface area contributed by atoms with Gasteiger partial charge < -0.3 is 8.98 Å². The van der Waals surface area contributed by atoms with E-state index in [9.17, 15) is 0 Å². The highest BCUT2D eigenvalue weighted by molar-refractivity contribution is 6.16. The van der Waals surface area contributed by atoms with Crippen molar-refractivity contribution < 1.29 is 4.42 Å². The summed E-state index contributed by atoms with van der Waals surface area (Å²) in [5, 5.41) is 0. The van der Waals surface area contributed by atoms with Crippen LogP contribution in [0, 0.1) is 6.92 Å². The molecule has 0 saturated carbocycles. The molecule has 0 fully saturated rings. The van der Waals surface area contributed by atoms with Gasteiger partial charge in [0.2, 0.25) is 5.89 Å². The van der Waals surface area contributed by atoms with Gasteiger partial charge in [-0.3, -0.25) is 0 Å². The largest absolute Gasteiger partial charge is 0.444 e. The summed E-state index contributed by atoms with van der Waals surface area (Å²) >= 11 is 6.01. The number of hydrogen-bond donors (Lipinski definition) is 0. The normalized spacial score (nSPS) is 11.3. The maximum atomic E-state index is 6.01. The van der Waals surface area contributed by atoms with E-state index in [4.69, 9.17) is 16.0 Å². The number of benzene rings is 1. The molecule has 4 nitrogen and oxygen atoms in total. The van der Waals surface area contributed by atoms with Crippen LogP contribution in [-0.4, -0.2) is 14.5 Å². The topological polar surface area (TPSA) is 43.9 Å². The fraction of sp³-hybridized carbons (Fsp3) is 0.333. The second-order valence-corrected chi connectivity index (χ2v) is 5.08. The van der Waals surface area contributed by atoms with Crippen molar-refractivity contribution in [2.45, 2.75) is 32.7 Å². The van der Waals surface area contributed by atoms with Crippen molar-refractivity contribution in [3.8, 4) is 0 Å². The van der Waals surface area contributed by atoms with Crippen LogP contribution < -0.4 is 0 Å². The number of halogens is 1. The molecular formula is C15H16ClN3O. The molecule has 0 atom stereocenters. The molecule has 0 aliphatic carbocycles. The van der Waals surface area contributed by atoms with Gasteiger partial charge in [-0.2, -0.15) is 0 Å². The monoisotopic (exact) mass is 289 g/mol. The van der Waals surface area contributed by atoms with Crippen molar-refractivity contribution in [3.05, 3.63) is 47.4 Å². The van der Waals surface area contributed by atoms with Crippen molar-refractivity contribution in [2.24, 2.45) is 0 Å². The summed E-state index contributed by atoms with van der Waals surface area (Å²) in [6.45, 7) is 4.67. The molecule has 0 bridgehead atoms. The lowest BCUT2D eigenvalue weighted by molar-refractivity contribution is 0.446. The predicted molar refractivity (Wildman–Crippen MR) is 79.0 cm³/mol. The second-order valence-electron chi connectivity index (χ2n) is 4.81. The summed E-state index contributed by atoms with van der Waals surface area (Å²) in [5.41, 5.74) is 3.21. The SMILES string of the molecule is CCc1cnc(Cn2c(CCl)nc3ccc(C)cc32)o1. The highest BCUT2D eigenvalue weighted by Gasteiger charge is 2.13. The zero-order valence-electron chi connectivity index (χ0n) is 11.6. The van der Waals surface area contributed by atoms with Crippen LogP contribution in [0.15, 0.2) is 28.8 Å². The van der Waals surface area contributed by atoms with E-state index >= 15 is 0 Å². The number of rotatable bonds is 4. The molecule has 2 aromatic heterocycles. The van der Waals surface area contributed by atoms with E-state index in [1.54, 1.807) is 6.20 Å². The standard InChI is InChI=1S/C15H16ClN3O/c1-3-11-8-17-15(20-11)9-19-13-6-10(2)4-5-12(13)18-14(19)7-16/h4-6,8H,3,7,9H2,1-2H3. The van der Waals surface area contributed by atoms with Crippen LogP contribution in [0.1, 0.15) is 30.0 Å². The van der Waals surface area contributed by atoms with Gasteiger partial charge >= 0.3 is 0 Å². The molecule has 0 unspecified atom stereocenters. The molecule has 2 heterocycles. The molecule has 1 aromatic carbocycles. The van der Waals surface area contributed by atoms with Gasteiger partial charge in [0.25, 0.3) is 0 Å². The lowest BCUT2D eigenvalue weighted by atomic mass is 10.2. The van der Waals surface area contributed by atoms with Gasteiger partial charge in [0.15, 0.2) is 0 Å². The van der Waals surface area contributed by atoms with Gasteiger partial charge in [-0.1, -0.05) is 13.0 Å². The fourth-order valence-electron chi connectivity index (χ4n) is 2.28. The van der Waals surface area contributed by atoms with Crippen molar-refractivity contribution in [3.63, 3.8) is 0 Å². The van der Waals surface area contributed by atoms with Crippen LogP contribution in [0.3, 0.4) is 0 Å². The van der Waals surface area contributed by atoms with Crippen molar-refractivity contribution >= 4 is 22.6 Å². The first-order valence-corrected chi connectivity index (χ1v) is 7.20. The molecular weight excluding hydrogens is 274 g/mol.